The first-order valence-corrected chi connectivity index (χ1v) is 8.41. The van der Waals surface area contributed by atoms with Crippen LogP contribution in [0.4, 0.5) is 4.79 Å². The Labute approximate surface area is 148 Å². The number of phenolic OH excluding ortho intramolecular Hbond substituents is 1. The Kier molecular flexibility index (Phi) is 5.85. The van der Waals surface area contributed by atoms with Crippen molar-refractivity contribution in [3.05, 3.63) is 36.2 Å². The Morgan fingerprint density at radius 1 is 1.32 bits per heavy atom. The molecule has 1 amide bonds. The van der Waals surface area contributed by atoms with Crippen molar-refractivity contribution in [1.29, 1.82) is 0 Å². The summed E-state index contributed by atoms with van der Waals surface area (Å²) < 4.78 is 5.43. The Bertz CT molecular complexity index is 740. The van der Waals surface area contributed by atoms with Crippen LogP contribution < -0.4 is 0 Å². The number of phenols is 1. The Balaban J connectivity index is 2.28. The van der Waals surface area contributed by atoms with E-state index in [1.807, 2.05) is 13.0 Å². The molecule has 0 aliphatic carbocycles. The van der Waals surface area contributed by atoms with Crippen LogP contribution in [-0.4, -0.2) is 44.4 Å². The SMILES string of the molecule is CC[C@H](O)CN(Cc1cc2cnccc2cc1O)C(=O)OC(C)(C)C. The molecule has 0 bridgehead atoms. The maximum Gasteiger partial charge on any atom is 0.410 e. The molecule has 1 aromatic carbocycles. The number of amides is 1. The molecular weight excluding hydrogens is 320 g/mol. The second kappa shape index (κ2) is 7.70. The fourth-order valence-electron chi connectivity index (χ4n) is 2.42. The van der Waals surface area contributed by atoms with Crippen molar-refractivity contribution in [3.63, 3.8) is 0 Å². The number of hydrogen-bond donors (Lipinski definition) is 2. The van der Waals surface area contributed by atoms with E-state index in [4.69, 9.17) is 4.74 Å². The monoisotopic (exact) mass is 346 g/mol. The third-order valence-corrected chi connectivity index (χ3v) is 3.75. The lowest BCUT2D eigenvalue weighted by Crippen LogP contribution is -2.40. The fraction of sp³-hybridized carbons (Fsp3) is 0.474. The number of benzene rings is 1. The van der Waals surface area contributed by atoms with E-state index in [2.05, 4.69) is 4.98 Å². The molecule has 0 radical (unpaired) electrons. The van der Waals surface area contributed by atoms with Gasteiger partial charge in [0.25, 0.3) is 0 Å². The van der Waals surface area contributed by atoms with E-state index in [-0.39, 0.29) is 18.8 Å². The highest BCUT2D eigenvalue weighted by atomic mass is 16.6. The van der Waals surface area contributed by atoms with Crippen molar-refractivity contribution in [1.82, 2.24) is 9.88 Å². The maximum absolute atomic E-state index is 12.5. The summed E-state index contributed by atoms with van der Waals surface area (Å²) in [7, 11) is 0. The molecular formula is C19H26N2O4. The van der Waals surface area contributed by atoms with Crippen molar-refractivity contribution >= 4 is 16.9 Å². The second-order valence-electron chi connectivity index (χ2n) is 7.13. The fourth-order valence-corrected chi connectivity index (χ4v) is 2.42. The summed E-state index contributed by atoms with van der Waals surface area (Å²) in [5.41, 5.74) is -0.0587. The van der Waals surface area contributed by atoms with Crippen LogP contribution in [-0.2, 0) is 11.3 Å². The zero-order valence-electron chi connectivity index (χ0n) is 15.2. The van der Waals surface area contributed by atoms with Crippen molar-refractivity contribution in [3.8, 4) is 5.75 Å². The highest BCUT2D eigenvalue weighted by Crippen LogP contribution is 2.26. The number of aliphatic hydroxyl groups excluding tert-OH is 1. The molecule has 1 aromatic heterocycles. The van der Waals surface area contributed by atoms with E-state index in [1.165, 1.54) is 4.90 Å². The number of aromatic hydroxyl groups is 1. The van der Waals surface area contributed by atoms with Gasteiger partial charge >= 0.3 is 6.09 Å². The molecule has 0 spiro atoms. The Morgan fingerprint density at radius 3 is 2.68 bits per heavy atom. The van der Waals surface area contributed by atoms with E-state index in [9.17, 15) is 15.0 Å². The van der Waals surface area contributed by atoms with Crippen LogP contribution in [0.15, 0.2) is 30.6 Å². The minimum atomic E-state index is -0.656. The van der Waals surface area contributed by atoms with Crippen LogP contribution in [0.2, 0.25) is 0 Å². The van der Waals surface area contributed by atoms with Gasteiger partial charge in [0.2, 0.25) is 0 Å². The second-order valence-corrected chi connectivity index (χ2v) is 7.13. The topological polar surface area (TPSA) is 82.9 Å². The Hall–Kier alpha value is -2.34. The lowest BCUT2D eigenvalue weighted by molar-refractivity contribution is 0.0122. The van der Waals surface area contributed by atoms with Crippen molar-refractivity contribution in [2.45, 2.75) is 52.4 Å². The molecule has 25 heavy (non-hydrogen) atoms. The van der Waals surface area contributed by atoms with Gasteiger partial charge in [0.15, 0.2) is 0 Å². The average molecular weight is 346 g/mol. The first-order valence-electron chi connectivity index (χ1n) is 8.41. The summed E-state index contributed by atoms with van der Waals surface area (Å²) in [5, 5.41) is 22.0. The summed E-state index contributed by atoms with van der Waals surface area (Å²) in [4.78, 5) is 18.0. The van der Waals surface area contributed by atoms with Gasteiger partial charge < -0.3 is 19.8 Å². The molecule has 0 aliphatic heterocycles. The van der Waals surface area contributed by atoms with Gasteiger partial charge in [0.05, 0.1) is 19.2 Å². The zero-order chi connectivity index (χ0) is 18.6. The van der Waals surface area contributed by atoms with Crippen molar-refractivity contribution in [2.24, 2.45) is 0 Å². The lowest BCUT2D eigenvalue weighted by Gasteiger charge is -2.29. The molecule has 0 unspecified atom stereocenters. The van der Waals surface area contributed by atoms with E-state index in [0.29, 0.717) is 12.0 Å². The number of carbonyl (C=O) groups is 1. The van der Waals surface area contributed by atoms with Gasteiger partial charge in [-0.2, -0.15) is 0 Å². The predicted molar refractivity (Wildman–Crippen MR) is 96.3 cm³/mol. The van der Waals surface area contributed by atoms with E-state index in [0.717, 1.165) is 10.8 Å². The highest BCUT2D eigenvalue weighted by molar-refractivity contribution is 5.84. The quantitative estimate of drug-likeness (QED) is 0.866. The first kappa shape index (κ1) is 19.0. The molecule has 6 heteroatoms. The number of nitrogens with zero attached hydrogens (tertiary/aromatic N) is 2. The van der Waals surface area contributed by atoms with Gasteiger partial charge in [-0.05, 0) is 50.8 Å². The highest BCUT2D eigenvalue weighted by Gasteiger charge is 2.24. The molecule has 2 rings (SSSR count). The average Bonchev–Trinajstić information content (AvgIpc) is 2.52. The van der Waals surface area contributed by atoms with E-state index < -0.39 is 17.8 Å². The third kappa shape index (κ3) is 5.32. The van der Waals surface area contributed by atoms with E-state index in [1.54, 1.807) is 45.3 Å². The van der Waals surface area contributed by atoms with Crippen LogP contribution in [0.5, 0.6) is 5.75 Å². The number of rotatable bonds is 5. The van der Waals surface area contributed by atoms with Crippen LogP contribution in [0.25, 0.3) is 10.8 Å². The molecule has 1 atom stereocenters. The number of fused-ring (bicyclic) bond motifs is 1. The minimum Gasteiger partial charge on any atom is -0.508 e. The molecule has 136 valence electrons. The number of hydrogen-bond acceptors (Lipinski definition) is 5. The van der Waals surface area contributed by atoms with Crippen LogP contribution in [0.3, 0.4) is 0 Å². The Morgan fingerprint density at radius 2 is 2.04 bits per heavy atom. The van der Waals surface area contributed by atoms with Crippen molar-refractivity contribution < 1.29 is 19.7 Å². The number of pyridine rings is 1. The predicted octanol–water partition coefficient (Wildman–Crippen LogP) is 3.45. The van der Waals surface area contributed by atoms with Gasteiger partial charge in [-0.15, -0.1) is 0 Å². The molecule has 6 nitrogen and oxygen atoms in total. The minimum absolute atomic E-state index is 0.0956. The van der Waals surface area contributed by atoms with Gasteiger partial charge in [0.1, 0.15) is 11.4 Å². The molecule has 0 saturated heterocycles. The molecule has 2 aromatic rings. The largest absolute Gasteiger partial charge is 0.508 e. The van der Waals surface area contributed by atoms with Gasteiger partial charge in [-0.1, -0.05) is 6.92 Å². The van der Waals surface area contributed by atoms with Crippen LogP contribution >= 0.6 is 0 Å². The summed E-state index contributed by atoms with van der Waals surface area (Å²) in [6, 6.07) is 5.26. The summed E-state index contributed by atoms with van der Waals surface area (Å²) in [6.07, 6.45) is 2.71. The molecule has 0 saturated carbocycles. The molecule has 0 fully saturated rings. The third-order valence-electron chi connectivity index (χ3n) is 3.75. The standard InChI is InChI=1S/C19H26N2O4/c1-5-16(22)12-21(18(24)25-19(2,3)4)11-15-8-14-10-20-7-6-13(14)9-17(15)23/h6-10,16,22-23H,5,11-12H2,1-4H3/t16-/m0/s1. The maximum atomic E-state index is 12.5. The zero-order valence-corrected chi connectivity index (χ0v) is 15.2. The number of aliphatic hydroxyl groups is 1. The molecule has 1 heterocycles. The molecule has 2 N–H and O–H groups in total. The van der Waals surface area contributed by atoms with Crippen molar-refractivity contribution in [2.75, 3.05) is 6.54 Å². The lowest BCUT2D eigenvalue weighted by atomic mass is 10.1. The summed E-state index contributed by atoms with van der Waals surface area (Å²) >= 11 is 0. The smallest absolute Gasteiger partial charge is 0.410 e. The van der Waals surface area contributed by atoms with E-state index >= 15 is 0 Å². The summed E-state index contributed by atoms with van der Waals surface area (Å²) in [5.74, 6) is 0.0956. The number of ether oxygens (including phenoxy) is 1. The van der Waals surface area contributed by atoms with Crippen LogP contribution in [0.1, 0.15) is 39.7 Å². The van der Waals surface area contributed by atoms with Gasteiger partial charge in [0, 0.05) is 23.3 Å². The van der Waals surface area contributed by atoms with Crippen LogP contribution in [0, 0.1) is 0 Å². The normalized spacial score (nSPS) is 12.8. The van der Waals surface area contributed by atoms with Gasteiger partial charge in [-0.25, -0.2) is 4.79 Å². The molecule has 0 aliphatic rings. The number of aromatic nitrogens is 1. The number of carbonyl (C=O) groups excluding carboxylic acids is 1. The first-order chi connectivity index (χ1) is 11.7. The summed E-state index contributed by atoms with van der Waals surface area (Å²) in [6.45, 7) is 7.49. The van der Waals surface area contributed by atoms with Gasteiger partial charge in [-0.3, -0.25) is 4.98 Å².